The molecule has 0 spiro atoms. The van der Waals surface area contributed by atoms with Crippen LogP contribution in [-0.2, 0) is 0 Å². The molecular formula is C17H18FN7O. The summed E-state index contributed by atoms with van der Waals surface area (Å²) in [6.45, 7) is 2.67. The Kier molecular flexibility index (Phi) is 5.37. The average molecular weight is 355 g/mol. The van der Waals surface area contributed by atoms with Gasteiger partial charge < -0.3 is 16.0 Å². The van der Waals surface area contributed by atoms with Crippen LogP contribution in [-0.4, -0.2) is 38.6 Å². The molecule has 0 fully saturated rings. The number of carbonyl (C=O) groups excluding carboxylic acids is 1. The van der Waals surface area contributed by atoms with Gasteiger partial charge in [0, 0.05) is 31.5 Å². The molecule has 0 saturated carbocycles. The molecule has 2 heterocycles. The van der Waals surface area contributed by atoms with Gasteiger partial charge in [-0.15, -0.1) is 0 Å². The number of para-hydroxylation sites is 1. The molecule has 8 nitrogen and oxygen atoms in total. The van der Waals surface area contributed by atoms with E-state index < -0.39 is 11.8 Å². The number of amides is 2. The number of urea groups is 1. The van der Waals surface area contributed by atoms with Crippen molar-refractivity contribution >= 4 is 17.5 Å². The molecule has 3 aromatic rings. The van der Waals surface area contributed by atoms with Gasteiger partial charge in [0.15, 0.2) is 0 Å². The van der Waals surface area contributed by atoms with Gasteiger partial charge in [-0.1, -0.05) is 12.1 Å². The van der Waals surface area contributed by atoms with Crippen LogP contribution in [0, 0.1) is 12.7 Å². The fourth-order valence-corrected chi connectivity index (χ4v) is 2.29. The summed E-state index contributed by atoms with van der Waals surface area (Å²) in [7, 11) is 0. The zero-order valence-corrected chi connectivity index (χ0v) is 14.1. The Hall–Kier alpha value is -3.49. The molecular weight excluding hydrogens is 337 g/mol. The van der Waals surface area contributed by atoms with Crippen molar-refractivity contribution in [3.05, 3.63) is 60.7 Å². The van der Waals surface area contributed by atoms with Crippen LogP contribution in [0.1, 0.15) is 5.82 Å². The van der Waals surface area contributed by atoms with Crippen molar-refractivity contribution in [3.8, 4) is 5.82 Å². The molecule has 3 rings (SSSR count). The van der Waals surface area contributed by atoms with E-state index in [2.05, 4.69) is 30.9 Å². The number of halogens is 1. The lowest BCUT2D eigenvalue weighted by Crippen LogP contribution is -2.33. The molecule has 0 aliphatic carbocycles. The highest BCUT2D eigenvalue weighted by atomic mass is 19.1. The topological polar surface area (TPSA) is 96.8 Å². The van der Waals surface area contributed by atoms with Gasteiger partial charge in [0.05, 0.1) is 5.69 Å². The minimum Gasteiger partial charge on any atom is -0.368 e. The number of aryl methyl sites for hydroxylation is 1. The maximum absolute atomic E-state index is 13.5. The third-order valence-corrected chi connectivity index (χ3v) is 3.56. The highest BCUT2D eigenvalue weighted by Gasteiger charge is 2.06. The Bertz CT molecular complexity index is 896. The van der Waals surface area contributed by atoms with Crippen LogP contribution in [0.5, 0.6) is 0 Å². The quantitative estimate of drug-likeness (QED) is 0.590. The largest absolute Gasteiger partial charge is 0.368 e. The van der Waals surface area contributed by atoms with Crippen LogP contribution in [0.4, 0.5) is 20.7 Å². The molecule has 0 aliphatic heterocycles. The lowest BCUT2D eigenvalue weighted by atomic mass is 10.3. The smallest absolute Gasteiger partial charge is 0.319 e. The van der Waals surface area contributed by atoms with Crippen molar-refractivity contribution in [2.75, 3.05) is 23.7 Å². The Balaban J connectivity index is 1.47. The fraction of sp³-hybridized carbons (Fsp3) is 0.176. The van der Waals surface area contributed by atoms with Crippen LogP contribution in [0.3, 0.4) is 0 Å². The lowest BCUT2D eigenvalue weighted by molar-refractivity contribution is 0.252. The average Bonchev–Trinajstić information content (AvgIpc) is 3.07. The van der Waals surface area contributed by atoms with E-state index in [-0.39, 0.29) is 5.69 Å². The van der Waals surface area contributed by atoms with Gasteiger partial charge in [-0.05, 0) is 19.1 Å². The minimum atomic E-state index is -0.482. The molecule has 0 saturated heterocycles. The van der Waals surface area contributed by atoms with Crippen molar-refractivity contribution in [2.45, 2.75) is 6.92 Å². The highest BCUT2D eigenvalue weighted by Crippen LogP contribution is 2.12. The summed E-state index contributed by atoms with van der Waals surface area (Å²) in [5.41, 5.74) is 0.133. The zero-order valence-electron chi connectivity index (χ0n) is 14.1. The first-order valence-electron chi connectivity index (χ1n) is 7.99. The SMILES string of the molecule is Cc1nccn1-c1cc(NCCNC(=O)Nc2ccccc2F)ncn1. The van der Waals surface area contributed by atoms with Crippen molar-refractivity contribution in [2.24, 2.45) is 0 Å². The molecule has 0 radical (unpaired) electrons. The van der Waals surface area contributed by atoms with Crippen LogP contribution in [0.15, 0.2) is 49.1 Å². The predicted molar refractivity (Wildman–Crippen MR) is 95.8 cm³/mol. The maximum atomic E-state index is 13.5. The molecule has 9 heteroatoms. The fourth-order valence-electron chi connectivity index (χ4n) is 2.29. The van der Waals surface area contributed by atoms with Gasteiger partial charge in [-0.25, -0.2) is 24.1 Å². The highest BCUT2D eigenvalue weighted by molar-refractivity contribution is 5.89. The first-order chi connectivity index (χ1) is 12.6. The second kappa shape index (κ2) is 8.06. The number of anilines is 2. The standard InChI is InChI=1S/C17H18FN7O/c1-12-19-8-9-25(12)16-10-15(22-11-23-16)20-6-7-21-17(26)24-14-5-3-2-4-13(14)18/h2-5,8-11H,6-7H2,1H3,(H,20,22,23)(H2,21,24,26). The van der Waals surface area contributed by atoms with E-state index in [0.717, 1.165) is 5.82 Å². The second-order valence-electron chi connectivity index (χ2n) is 5.39. The third-order valence-electron chi connectivity index (χ3n) is 3.56. The Morgan fingerprint density at radius 2 is 2.04 bits per heavy atom. The predicted octanol–water partition coefficient (Wildman–Crippen LogP) is 2.34. The minimum absolute atomic E-state index is 0.133. The number of imidazole rings is 1. The first kappa shape index (κ1) is 17.3. The van der Waals surface area contributed by atoms with Gasteiger partial charge in [0.2, 0.25) is 0 Å². The van der Waals surface area contributed by atoms with Gasteiger partial charge in [0.25, 0.3) is 0 Å². The van der Waals surface area contributed by atoms with E-state index in [1.807, 2.05) is 17.7 Å². The lowest BCUT2D eigenvalue weighted by Gasteiger charge is -2.10. The molecule has 0 aliphatic rings. The van der Waals surface area contributed by atoms with E-state index >= 15 is 0 Å². The van der Waals surface area contributed by atoms with E-state index in [9.17, 15) is 9.18 Å². The summed E-state index contributed by atoms with van der Waals surface area (Å²) >= 11 is 0. The first-order valence-corrected chi connectivity index (χ1v) is 7.99. The summed E-state index contributed by atoms with van der Waals surface area (Å²) < 4.78 is 15.3. The summed E-state index contributed by atoms with van der Waals surface area (Å²) in [6, 6.07) is 7.29. The number of rotatable bonds is 6. The normalized spacial score (nSPS) is 10.4. The summed E-state index contributed by atoms with van der Waals surface area (Å²) in [6.07, 6.45) is 4.97. The van der Waals surface area contributed by atoms with Crippen LogP contribution in [0.25, 0.3) is 5.82 Å². The molecule has 2 aromatic heterocycles. The summed E-state index contributed by atoms with van der Waals surface area (Å²) in [4.78, 5) is 24.3. The molecule has 134 valence electrons. The van der Waals surface area contributed by atoms with E-state index in [4.69, 9.17) is 0 Å². The number of nitrogens with one attached hydrogen (secondary N) is 3. The number of hydrogen-bond donors (Lipinski definition) is 3. The van der Waals surface area contributed by atoms with Crippen molar-refractivity contribution in [1.82, 2.24) is 24.8 Å². The summed E-state index contributed by atoms with van der Waals surface area (Å²) in [5, 5.41) is 8.19. The van der Waals surface area contributed by atoms with Gasteiger partial charge >= 0.3 is 6.03 Å². The molecule has 26 heavy (non-hydrogen) atoms. The van der Waals surface area contributed by atoms with Crippen LogP contribution in [0.2, 0.25) is 0 Å². The van der Waals surface area contributed by atoms with Crippen LogP contribution < -0.4 is 16.0 Å². The molecule has 0 atom stereocenters. The van der Waals surface area contributed by atoms with Crippen LogP contribution >= 0.6 is 0 Å². The molecule has 0 unspecified atom stereocenters. The maximum Gasteiger partial charge on any atom is 0.319 e. The Morgan fingerprint density at radius 1 is 1.19 bits per heavy atom. The second-order valence-corrected chi connectivity index (χ2v) is 5.39. The summed E-state index contributed by atoms with van der Waals surface area (Å²) in [5.74, 6) is 1.66. The van der Waals surface area contributed by atoms with E-state index in [1.54, 1.807) is 24.4 Å². The van der Waals surface area contributed by atoms with E-state index in [0.29, 0.717) is 24.7 Å². The number of nitrogens with zero attached hydrogens (tertiary/aromatic N) is 4. The van der Waals surface area contributed by atoms with Crippen molar-refractivity contribution in [3.63, 3.8) is 0 Å². The third kappa shape index (κ3) is 4.32. The van der Waals surface area contributed by atoms with Crippen molar-refractivity contribution < 1.29 is 9.18 Å². The van der Waals surface area contributed by atoms with Gasteiger partial charge in [-0.3, -0.25) is 4.57 Å². The van der Waals surface area contributed by atoms with Gasteiger partial charge in [0.1, 0.15) is 29.6 Å². The number of aromatic nitrogens is 4. The Morgan fingerprint density at radius 3 is 2.81 bits per heavy atom. The monoisotopic (exact) mass is 355 g/mol. The molecule has 3 N–H and O–H groups in total. The molecule has 0 bridgehead atoms. The molecule has 1 aromatic carbocycles. The number of benzene rings is 1. The Labute approximate surface area is 149 Å². The molecule has 2 amide bonds. The van der Waals surface area contributed by atoms with Crippen molar-refractivity contribution in [1.29, 1.82) is 0 Å². The number of hydrogen-bond acceptors (Lipinski definition) is 5. The van der Waals surface area contributed by atoms with E-state index in [1.165, 1.54) is 18.5 Å². The zero-order chi connectivity index (χ0) is 18.4. The van der Waals surface area contributed by atoms with Gasteiger partial charge in [-0.2, -0.15) is 0 Å². The number of carbonyl (C=O) groups is 1.